The van der Waals surface area contributed by atoms with Gasteiger partial charge in [-0.05, 0) is 48.0 Å². The van der Waals surface area contributed by atoms with E-state index in [1.54, 1.807) is 0 Å². The fraction of sp³-hybridized carbons (Fsp3) is 0.222. The number of alkyl halides is 3. The molecule has 38 heavy (non-hydrogen) atoms. The number of hydrogen-bond acceptors (Lipinski definition) is 7. The van der Waals surface area contributed by atoms with E-state index in [9.17, 15) is 13.2 Å². The van der Waals surface area contributed by atoms with Crippen LogP contribution < -0.4 is 15.0 Å². The second kappa shape index (κ2) is 9.82. The number of nitrogens with one attached hydrogen (secondary N) is 1. The van der Waals surface area contributed by atoms with Crippen molar-refractivity contribution >= 4 is 16.6 Å². The topological polar surface area (TPSA) is 81.2 Å². The molecular weight excluding hydrogens is 497 g/mol. The normalized spacial score (nSPS) is 14.2. The fourth-order valence-electron chi connectivity index (χ4n) is 4.60. The standard InChI is InChI=1S/C27H23F3N6O2/c28-27(29,30)37-21-10-8-19(9-11-21)25-32-26(38-34-25)24-22-6-1-2-7-23(22)36(33-24)17-18-4-3-5-20(16-18)35-14-12-31-13-15-35/h1-11,16,31H,12-15,17H2. The Kier molecular flexibility index (Phi) is 6.20. The molecule has 11 heteroatoms. The predicted molar refractivity (Wildman–Crippen MR) is 136 cm³/mol. The molecule has 0 saturated carbocycles. The highest BCUT2D eigenvalue weighted by Crippen LogP contribution is 2.30. The second-order valence-electron chi connectivity index (χ2n) is 8.93. The highest BCUT2D eigenvalue weighted by molar-refractivity contribution is 5.91. The van der Waals surface area contributed by atoms with Crippen molar-refractivity contribution in [3.05, 3.63) is 78.4 Å². The van der Waals surface area contributed by atoms with Gasteiger partial charge in [0.25, 0.3) is 5.89 Å². The number of piperazine rings is 1. The van der Waals surface area contributed by atoms with Crippen LogP contribution in [-0.2, 0) is 6.54 Å². The van der Waals surface area contributed by atoms with Gasteiger partial charge in [-0.25, -0.2) is 0 Å². The van der Waals surface area contributed by atoms with Gasteiger partial charge in [0.15, 0.2) is 5.69 Å². The molecule has 6 rings (SSSR count). The lowest BCUT2D eigenvalue weighted by Crippen LogP contribution is -2.43. The highest BCUT2D eigenvalue weighted by atomic mass is 19.4. The molecule has 5 aromatic rings. The van der Waals surface area contributed by atoms with Gasteiger partial charge in [0.1, 0.15) is 5.75 Å². The van der Waals surface area contributed by atoms with Crippen molar-refractivity contribution in [2.24, 2.45) is 0 Å². The SMILES string of the molecule is FC(F)(F)Oc1ccc(-c2noc(-c3nn(Cc4cccc(N5CCNCC5)c4)c4ccccc34)n2)cc1. The fourth-order valence-corrected chi connectivity index (χ4v) is 4.60. The molecule has 3 heterocycles. The Bertz CT molecular complexity index is 1560. The predicted octanol–water partition coefficient (Wildman–Crippen LogP) is 5.11. The summed E-state index contributed by atoms with van der Waals surface area (Å²) in [6.45, 7) is 4.43. The van der Waals surface area contributed by atoms with E-state index in [0.29, 0.717) is 17.8 Å². The number of benzene rings is 3. The molecule has 0 spiro atoms. The maximum atomic E-state index is 12.5. The number of aromatic nitrogens is 4. The average molecular weight is 521 g/mol. The summed E-state index contributed by atoms with van der Waals surface area (Å²) >= 11 is 0. The first-order valence-corrected chi connectivity index (χ1v) is 12.1. The lowest BCUT2D eigenvalue weighted by molar-refractivity contribution is -0.274. The van der Waals surface area contributed by atoms with E-state index in [2.05, 4.69) is 49.4 Å². The molecule has 0 bridgehead atoms. The second-order valence-corrected chi connectivity index (χ2v) is 8.93. The van der Waals surface area contributed by atoms with Crippen LogP contribution in [0, 0.1) is 0 Å². The van der Waals surface area contributed by atoms with Crippen molar-refractivity contribution < 1.29 is 22.4 Å². The molecule has 1 aliphatic heterocycles. The Morgan fingerprint density at radius 1 is 0.947 bits per heavy atom. The van der Waals surface area contributed by atoms with Crippen molar-refractivity contribution in [1.29, 1.82) is 0 Å². The van der Waals surface area contributed by atoms with Crippen LogP contribution in [0.2, 0.25) is 0 Å². The lowest BCUT2D eigenvalue weighted by Gasteiger charge is -2.29. The largest absolute Gasteiger partial charge is 0.573 e. The van der Waals surface area contributed by atoms with Crippen LogP contribution in [-0.4, -0.2) is 52.5 Å². The van der Waals surface area contributed by atoms with E-state index in [0.717, 1.165) is 42.6 Å². The Labute approximate surface area is 215 Å². The minimum atomic E-state index is -4.76. The van der Waals surface area contributed by atoms with Gasteiger partial charge in [0.2, 0.25) is 5.82 Å². The van der Waals surface area contributed by atoms with E-state index < -0.39 is 6.36 Å². The van der Waals surface area contributed by atoms with Crippen molar-refractivity contribution in [2.45, 2.75) is 12.9 Å². The zero-order valence-electron chi connectivity index (χ0n) is 20.2. The molecule has 1 saturated heterocycles. The summed E-state index contributed by atoms with van der Waals surface area (Å²) in [4.78, 5) is 6.84. The maximum Gasteiger partial charge on any atom is 0.573 e. The minimum Gasteiger partial charge on any atom is -0.406 e. The van der Waals surface area contributed by atoms with Gasteiger partial charge in [-0.2, -0.15) is 10.1 Å². The number of rotatable bonds is 6. The number of para-hydroxylation sites is 1. The third-order valence-corrected chi connectivity index (χ3v) is 6.36. The van der Waals surface area contributed by atoms with Crippen molar-refractivity contribution in [1.82, 2.24) is 25.2 Å². The highest BCUT2D eigenvalue weighted by Gasteiger charge is 2.31. The van der Waals surface area contributed by atoms with Crippen molar-refractivity contribution in [2.75, 3.05) is 31.1 Å². The molecule has 0 radical (unpaired) electrons. The van der Waals surface area contributed by atoms with Crippen LogP contribution in [0.1, 0.15) is 5.56 Å². The first kappa shape index (κ1) is 24.0. The first-order chi connectivity index (χ1) is 18.4. The molecule has 0 unspecified atom stereocenters. The summed E-state index contributed by atoms with van der Waals surface area (Å²) in [7, 11) is 0. The summed E-state index contributed by atoms with van der Waals surface area (Å²) < 4.78 is 48.7. The van der Waals surface area contributed by atoms with E-state index in [4.69, 9.17) is 9.62 Å². The zero-order valence-corrected chi connectivity index (χ0v) is 20.2. The number of fused-ring (bicyclic) bond motifs is 1. The summed E-state index contributed by atoms with van der Waals surface area (Å²) in [5.74, 6) is 0.136. The van der Waals surface area contributed by atoms with Gasteiger partial charge in [-0.3, -0.25) is 4.68 Å². The van der Waals surface area contributed by atoms with Gasteiger partial charge < -0.3 is 19.5 Å². The van der Waals surface area contributed by atoms with E-state index in [1.807, 2.05) is 28.9 Å². The van der Waals surface area contributed by atoms with Gasteiger partial charge in [-0.1, -0.05) is 35.5 Å². The summed E-state index contributed by atoms with van der Waals surface area (Å²) in [5, 5.41) is 13.1. The third-order valence-electron chi connectivity index (χ3n) is 6.36. The van der Waals surface area contributed by atoms with Crippen LogP contribution >= 0.6 is 0 Å². The van der Waals surface area contributed by atoms with Crippen LogP contribution in [0.15, 0.2) is 77.3 Å². The Balaban J connectivity index is 1.28. The summed E-state index contributed by atoms with van der Waals surface area (Å²) in [6, 6.07) is 21.6. The van der Waals surface area contributed by atoms with Gasteiger partial charge in [-0.15, -0.1) is 13.2 Å². The van der Waals surface area contributed by atoms with E-state index in [-0.39, 0.29) is 17.5 Å². The van der Waals surface area contributed by atoms with Crippen molar-refractivity contribution in [3.8, 4) is 28.7 Å². The molecule has 1 aliphatic rings. The molecule has 3 aromatic carbocycles. The molecule has 0 amide bonds. The quantitative estimate of drug-likeness (QED) is 0.333. The maximum absolute atomic E-state index is 12.5. The van der Waals surface area contributed by atoms with E-state index >= 15 is 0 Å². The van der Waals surface area contributed by atoms with Crippen LogP contribution in [0.3, 0.4) is 0 Å². The number of nitrogens with zero attached hydrogens (tertiary/aromatic N) is 5. The molecule has 0 aliphatic carbocycles. The molecule has 8 nitrogen and oxygen atoms in total. The van der Waals surface area contributed by atoms with Gasteiger partial charge >= 0.3 is 6.36 Å². The van der Waals surface area contributed by atoms with Crippen LogP contribution in [0.5, 0.6) is 5.75 Å². The lowest BCUT2D eigenvalue weighted by atomic mass is 10.1. The molecule has 1 fully saturated rings. The Morgan fingerprint density at radius 2 is 1.74 bits per heavy atom. The van der Waals surface area contributed by atoms with Gasteiger partial charge in [0.05, 0.1) is 12.1 Å². The summed E-state index contributed by atoms with van der Waals surface area (Å²) in [6.07, 6.45) is -4.76. The first-order valence-electron chi connectivity index (χ1n) is 12.1. The van der Waals surface area contributed by atoms with E-state index in [1.165, 1.54) is 30.0 Å². The smallest absolute Gasteiger partial charge is 0.406 e. The molecular formula is C27H23F3N6O2. The molecule has 194 valence electrons. The number of halogens is 3. The Hall–Kier alpha value is -4.38. The van der Waals surface area contributed by atoms with Crippen LogP contribution in [0.25, 0.3) is 33.9 Å². The molecule has 2 aromatic heterocycles. The minimum absolute atomic E-state index is 0.222. The van der Waals surface area contributed by atoms with Gasteiger partial charge in [0, 0.05) is 42.8 Å². The van der Waals surface area contributed by atoms with Crippen LogP contribution in [0.4, 0.5) is 18.9 Å². The Morgan fingerprint density at radius 3 is 2.53 bits per heavy atom. The number of hydrogen-bond donors (Lipinski definition) is 1. The zero-order chi connectivity index (χ0) is 26.1. The molecule has 0 atom stereocenters. The van der Waals surface area contributed by atoms with Crippen molar-refractivity contribution in [3.63, 3.8) is 0 Å². The summed E-state index contributed by atoms with van der Waals surface area (Å²) in [5.41, 5.74) is 4.25. The number of ether oxygens (including phenoxy) is 1. The monoisotopic (exact) mass is 520 g/mol. The molecule has 1 N–H and O–H groups in total. The third kappa shape index (κ3) is 5.05. The number of anilines is 1. The average Bonchev–Trinajstić information content (AvgIpc) is 3.55.